The molecule has 3 nitrogen and oxygen atoms in total. The van der Waals surface area contributed by atoms with Gasteiger partial charge in [-0.2, -0.15) is 0 Å². The van der Waals surface area contributed by atoms with Crippen molar-refractivity contribution in [3.05, 3.63) is 17.8 Å². The predicted octanol–water partition coefficient (Wildman–Crippen LogP) is 3.74. The molecule has 0 spiro atoms. The van der Waals surface area contributed by atoms with Crippen molar-refractivity contribution in [1.29, 1.82) is 0 Å². The first-order valence-corrected chi connectivity index (χ1v) is 7.18. The molecule has 0 atom stereocenters. The molecule has 0 saturated heterocycles. The van der Waals surface area contributed by atoms with Gasteiger partial charge < -0.3 is 11.1 Å². The highest BCUT2D eigenvalue weighted by atomic mass is 15.0. The van der Waals surface area contributed by atoms with Crippen molar-refractivity contribution in [3.8, 4) is 0 Å². The van der Waals surface area contributed by atoms with E-state index >= 15 is 0 Å². The highest BCUT2D eigenvalue weighted by Crippen LogP contribution is 2.30. The monoisotopic (exact) mass is 247 g/mol. The molecule has 2 rings (SSSR count). The molecular formula is C15H25N3. The standard InChI is InChI=1S/C15H25N3/c1-3-4-12-5-7-13(8-6-12)18-15-14(16)11(2)9-10-17-15/h9-10,12-13H,3-8,16H2,1-2H3,(H,17,18). The molecule has 100 valence electrons. The van der Waals surface area contributed by atoms with Crippen LogP contribution < -0.4 is 11.1 Å². The Bertz CT molecular complexity index is 381. The zero-order valence-corrected chi connectivity index (χ0v) is 11.6. The third-order valence-corrected chi connectivity index (χ3v) is 4.09. The van der Waals surface area contributed by atoms with E-state index in [1.54, 1.807) is 0 Å². The van der Waals surface area contributed by atoms with E-state index in [0.717, 1.165) is 23.0 Å². The number of aromatic nitrogens is 1. The number of pyridine rings is 1. The summed E-state index contributed by atoms with van der Waals surface area (Å²) < 4.78 is 0. The van der Waals surface area contributed by atoms with E-state index in [-0.39, 0.29) is 0 Å². The molecule has 0 radical (unpaired) electrons. The molecule has 0 amide bonds. The molecule has 0 aromatic carbocycles. The van der Waals surface area contributed by atoms with Gasteiger partial charge in [0.25, 0.3) is 0 Å². The lowest BCUT2D eigenvalue weighted by Crippen LogP contribution is -2.27. The summed E-state index contributed by atoms with van der Waals surface area (Å²) in [6.45, 7) is 4.31. The van der Waals surface area contributed by atoms with Crippen molar-refractivity contribution < 1.29 is 0 Å². The number of hydrogen-bond donors (Lipinski definition) is 2. The molecule has 1 saturated carbocycles. The molecule has 3 heteroatoms. The maximum atomic E-state index is 6.05. The van der Waals surface area contributed by atoms with Crippen LogP contribution in [0.15, 0.2) is 12.3 Å². The maximum Gasteiger partial charge on any atom is 0.149 e. The Labute approximate surface area is 110 Å². The lowest BCUT2D eigenvalue weighted by Gasteiger charge is -2.29. The van der Waals surface area contributed by atoms with Crippen LogP contribution in [0.1, 0.15) is 51.0 Å². The van der Waals surface area contributed by atoms with Crippen molar-refractivity contribution in [2.75, 3.05) is 11.1 Å². The van der Waals surface area contributed by atoms with Crippen LogP contribution in [0.3, 0.4) is 0 Å². The molecule has 3 N–H and O–H groups in total. The third-order valence-electron chi connectivity index (χ3n) is 4.09. The Morgan fingerprint density at radius 2 is 2.06 bits per heavy atom. The summed E-state index contributed by atoms with van der Waals surface area (Å²) in [5, 5.41) is 3.52. The van der Waals surface area contributed by atoms with Gasteiger partial charge in [-0.25, -0.2) is 4.98 Å². The van der Waals surface area contributed by atoms with Gasteiger partial charge >= 0.3 is 0 Å². The quantitative estimate of drug-likeness (QED) is 0.852. The second-order valence-corrected chi connectivity index (χ2v) is 5.54. The number of nitrogen functional groups attached to an aromatic ring is 1. The molecule has 0 aliphatic heterocycles. The van der Waals surface area contributed by atoms with Crippen molar-refractivity contribution >= 4 is 11.5 Å². The predicted molar refractivity (Wildman–Crippen MR) is 77.7 cm³/mol. The average molecular weight is 247 g/mol. The van der Waals surface area contributed by atoms with E-state index in [2.05, 4.69) is 17.2 Å². The zero-order valence-electron chi connectivity index (χ0n) is 11.6. The number of rotatable bonds is 4. The Morgan fingerprint density at radius 3 is 2.72 bits per heavy atom. The molecule has 18 heavy (non-hydrogen) atoms. The summed E-state index contributed by atoms with van der Waals surface area (Å²) >= 11 is 0. The maximum absolute atomic E-state index is 6.05. The van der Waals surface area contributed by atoms with Crippen LogP contribution >= 0.6 is 0 Å². The summed E-state index contributed by atoms with van der Waals surface area (Å²) in [4.78, 5) is 4.35. The van der Waals surface area contributed by atoms with Gasteiger partial charge in [0.1, 0.15) is 5.82 Å². The molecular weight excluding hydrogens is 222 g/mol. The topological polar surface area (TPSA) is 50.9 Å². The van der Waals surface area contributed by atoms with Gasteiger partial charge in [-0.05, 0) is 50.2 Å². The normalized spacial score (nSPS) is 23.9. The second-order valence-electron chi connectivity index (χ2n) is 5.54. The minimum atomic E-state index is 0.551. The van der Waals surface area contributed by atoms with Crippen LogP contribution in [0.5, 0.6) is 0 Å². The van der Waals surface area contributed by atoms with Crippen molar-refractivity contribution in [1.82, 2.24) is 4.98 Å². The van der Waals surface area contributed by atoms with Crippen LogP contribution in [0.25, 0.3) is 0 Å². The number of anilines is 2. The third kappa shape index (κ3) is 3.15. The first kappa shape index (κ1) is 13.2. The van der Waals surface area contributed by atoms with Crippen molar-refractivity contribution in [2.24, 2.45) is 5.92 Å². The van der Waals surface area contributed by atoms with E-state index in [4.69, 9.17) is 5.73 Å². The van der Waals surface area contributed by atoms with E-state index in [9.17, 15) is 0 Å². The van der Waals surface area contributed by atoms with Crippen LogP contribution in [0.4, 0.5) is 11.5 Å². The summed E-state index contributed by atoms with van der Waals surface area (Å²) in [5.74, 6) is 1.81. The Balaban J connectivity index is 1.90. The molecule has 1 aliphatic carbocycles. The summed E-state index contributed by atoms with van der Waals surface area (Å²) in [6, 6.07) is 2.51. The molecule has 1 aromatic rings. The van der Waals surface area contributed by atoms with Gasteiger partial charge in [0.15, 0.2) is 0 Å². The first-order valence-electron chi connectivity index (χ1n) is 7.18. The Morgan fingerprint density at radius 1 is 1.33 bits per heavy atom. The fourth-order valence-electron chi connectivity index (χ4n) is 2.88. The molecule has 1 aromatic heterocycles. The van der Waals surface area contributed by atoms with Gasteiger partial charge in [0.05, 0.1) is 5.69 Å². The van der Waals surface area contributed by atoms with Crippen LogP contribution in [0, 0.1) is 12.8 Å². The highest BCUT2D eigenvalue weighted by molar-refractivity contribution is 5.65. The fourth-order valence-corrected chi connectivity index (χ4v) is 2.88. The van der Waals surface area contributed by atoms with Crippen LogP contribution in [0.2, 0.25) is 0 Å². The Kier molecular flexibility index (Phi) is 4.45. The summed E-state index contributed by atoms with van der Waals surface area (Å²) in [7, 11) is 0. The number of nitrogens with zero attached hydrogens (tertiary/aromatic N) is 1. The zero-order chi connectivity index (χ0) is 13.0. The number of aryl methyl sites for hydroxylation is 1. The SMILES string of the molecule is CCCC1CCC(Nc2nccc(C)c2N)CC1. The molecule has 0 bridgehead atoms. The van der Waals surface area contributed by atoms with Crippen LogP contribution in [-0.2, 0) is 0 Å². The first-order chi connectivity index (χ1) is 8.70. The lowest BCUT2D eigenvalue weighted by atomic mass is 9.83. The molecule has 1 aliphatic rings. The van der Waals surface area contributed by atoms with Crippen molar-refractivity contribution in [3.63, 3.8) is 0 Å². The van der Waals surface area contributed by atoms with E-state index in [1.807, 2.05) is 19.2 Å². The largest absolute Gasteiger partial charge is 0.396 e. The van der Waals surface area contributed by atoms with Gasteiger partial charge in [-0.1, -0.05) is 19.8 Å². The average Bonchev–Trinajstić information content (AvgIpc) is 2.38. The Hall–Kier alpha value is -1.25. The van der Waals surface area contributed by atoms with E-state index in [1.165, 1.54) is 38.5 Å². The van der Waals surface area contributed by atoms with Crippen LogP contribution in [-0.4, -0.2) is 11.0 Å². The van der Waals surface area contributed by atoms with E-state index < -0.39 is 0 Å². The summed E-state index contributed by atoms with van der Waals surface area (Å²) in [6.07, 6.45) is 9.72. The number of nitrogens with one attached hydrogen (secondary N) is 1. The van der Waals surface area contributed by atoms with Gasteiger partial charge in [0.2, 0.25) is 0 Å². The number of hydrogen-bond acceptors (Lipinski definition) is 3. The van der Waals surface area contributed by atoms with E-state index in [0.29, 0.717) is 6.04 Å². The fraction of sp³-hybridized carbons (Fsp3) is 0.667. The smallest absolute Gasteiger partial charge is 0.149 e. The molecule has 1 heterocycles. The van der Waals surface area contributed by atoms with Gasteiger partial charge in [0, 0.05) is 12.2 Å². The minimum Gasteiger partial charge on any atom is -0.396 e. The molecule has 0 unspecified atom stereocenters. The highest BCUT2D eigenvalue weighted by Gasteiger charge is 2.21. The lowest BCUT2D eigenvalue weighted by molar-refractivity contribution is 0.318. The summed E-state index contributed by atoms with van der Waals surface area (Å²) in [5.41, 5.74) is 7.95. The minimum absolute atomic E-state index is 0.551. The second kappa shape index (κ2) is 6.07. The number of nitrogens with two attached hydrogens (primary N) is 1. The van der Waals surface area contributed by atoms with Gasteiger partial charge in [-0.3, -0.25) is 0 Å². The van der Waals surface area contributed by atoms with Crippen molar-refractivity contribution in [2.45, 2.75) is 58.4 Å². The molecule has 1 fully saturated rings. The van der Waals surface area contributed by atoms with Gasteiger partial charge in [-0.15, -0.1) is 0 Å².